The van der Waals surface area contributed by atoms with Crippen LogP contribution in [0, 0.1) is 0 Å². The average Bonchev–Trinajstić information content (AvgIpc) is 3.10. The predicted octanol–water partition coefficient (Wildman–Crippen LogP) is 3.40. The Morgan fingerprint density at radius 1 is 0.939 bits per heavy atom. The number of hydrogen-bond donors (Lipinski definition) is 1. The number of rotatable bonds is 6. The van der Waals surface area contributed by atoms with Crippen LogP contribution < -0.4 is 15.9 Å². The normalized spacial score (nSPS) is 15.0. The van der Waals surface area contributed by atoms with Crippen molar-refractivity contribution in [2.75, 3.05) is 6.61 Å². The number of carbonyl (C=O) groups excluding carboxylic acids is 2. The van der Waals surface area contributed by atoms with Gasteiger partial charge in [-0.05, 0) is 35.4 Å². The van der Waals surface area contributed by atoms with E-state index in [0.717, 1.165) is 11.1 Å². The fraction of sp³-hybridized carbons (Fsp3) is 0.115. The Balaban J connectivity index is 1.62. The number of nitrogens with zero attached hydrogens (tertiary/aromatic N) is 1. The summed E-state index contributed by atoms with van der Waals surface area (Å²) in [5.41, 5.74) is 7.27. The molecule has 3 aromatic carbocycles. The molecule has 2 amide bonds. The molecule has 7 nitrogen and oxygen atoms in total. The minimum atomic E-state index is -0.626. The standard InChI is InChI=1S/C26H20N2O5/c27-21(29)15-32-18-12-10-17(11-13-18)23-22-24(30)19-8-4-5-9-20(19)33-25(22)26(31)28(23)14-16-6-2-1-3-7-16/h1-13,23H,14-15H2,(H2,27,29). The molecule has 164 valence electrons. The third-order valence-electron chi connectivity index (χ3n) is 5.65. The SMILES string of the molecule is NC(=O)COc1ccc(C2c3c(oc4ccccc4c3=O)C(=O)N2Cc2ccccc2)cc1. The summed E-state index contributed by atoms with van der Waals surface area (Å²) in [5.74, 6) is -0.389. The molecule has 0 fully saturated rings. The second-order valence-corrected chi connectivity index (χ2v) is 7.82. The fourth-order valence-electron chi connectivity index (χ4n) is 4.16. The number of nitrogens with two attached hydrogens (primary N) is 1. The van der Waals surface area contributed by atoms with Crippen LogP contribution >= 0.6 is 0 Å². The van der Waals surface area contributed by atoms with Crippen molar-refractivity contribution in [3.63, 3.8) is 0 Å². The molecule has 2 heterocycles. The quantitative estimate of drug-likeness (QED) is 0.495. The maximum Gasteiger partial charge on any atom is 0.291 e. The van der Waals surface area contributed by atoms with E-state index in [1.54, 1.807) is 53.4 Å². The molecule has 0 saturated heterocycles. The lowest BCUT2D eigenvalue weighted by Crippen LogP contribution is -2.29. The zero-order valence-electron chi connectivity index (χ0n) is 17.6. The van der Waals surface area contributed by atoms with Crippen molar-refractivity contribution < 1.29 is 18.7 Å². The van der Waals surface area contributed by atoms with Gasteiger partial charge in [0.15, 0.2) is 12.0 Å². The number of benzene rings is 3. The molecule has 1 aromatic heterocycles. The van der Waals surface area contributed by atoms with Crippen LogP contribution in [0.3, 0.4) is 0 Å². The zero-order chi connectivity index (χ0) is 22.9. The number of amides is 2. The molecule has 5 rings (SSSR count). The van der Waals surface area contributed by atoms with Gasteiger partial charge in [0.2, 0.25) is 5.76 Å². The van der Waals surface area contributed by atoms with Crippen LogP contribution in [0.15, 0.2) is 88.1 Å². The lowest BCUT2D eigenvalue weighted by molar-refractivity contribution is -0.119. The van der Waals surface area contributed by atoms with Gasteiger partial charge in [0.25, 0.3) is 11.8 Å². The van der Waals surface area contributed by atoms with Crippen LogP contribution in [0.25, 0.3) is 11.0 Å². The van der Waals surface area contributed by atoms with Gasteiger partial charge in [0, 0.05) is 6.54 Å². The van der Waals surface area contributed by atoms with E-state index in [-0.39, 0.29) is 23.7 Å². The van der Waals surface area contributed by atoms with Gasteiger partial charge >= 0.3 is 0 Å². The summed E-state index contributed by atoms with van der Waals surface area (Å²) in [6, 6.07) is 22.8. The first-order valence-corrected chi connectivity index (χ1v) is 10.4. The number of fused-ring (bicyclic) bond motifs is 2. The highest BCUT2D eigenvalue weighted by Gasteiger charge is 2.42. The summed E-state index contributed by atoms with van der Waals surface area (Å²) in [6.45, 7) is 0.0735. The van der Waals surface area contributed by atoms with Crippen LogP contribution in [-0.2, 0) is 11.3 Å². The number of hydrogen-bond acceptors (Lipinski definition) is 5. The first kappa shape index (κ1) is 20.5. The summed E-state index contributed by atoms with van der Waals surface area (Å²) in [4.78, 5) is 39.6. The minimum absolute atomic E-state index is 0.0636. The largest absolute Gasteiger partial charge is 0.484 e. The zero-order valence-corrected chi connectivity index (χ0v) is 17.6. The van der Waals surface area contributed by atoms with Crippen molar-refractivity contribution in [2.24, 2.45) is 5.73 Å². The van der Waals surface area contributed by atoms with E-state index < -0.39 is 11.9 Å². The molecule has 1 unspecified atom stereocenters. The maximum absolute atomic E-state index is 13.5. The summed E-state index contributed by atoms with van der Waals surface area (Å²) in [6.07, 6.45) is 0. The van der Waals surface area contributed by atoms with Crippen LogP contribution in [-0.4, -0.2) is 23.3 Å². The highest BCUT2D eigenvalue weighted by Crippen LogP contribution is 2.39. The Morgan fingerprint density at radius 2 is 1.64 bits per heavy atom. The Kier molecular flexibility index (Phi) is 5.14. The summed E-state index contributed by atoms with van der Waals surface area (Å²) in [7, 11) is 0. The third kappa shape index (κ3) is 3.74. The monoisotopic (exact) mass is 440 g/mol. The third-order valence-corrected chi connectivity index (χ3v) is 5.65. The molecule has 1 aliphatic heterocycles. The molecule has 4 aromatic rings. The first-order chi connectivity index (χ1) is 16.0. The second-order valence-electron chi connectivity index (χ2n) is 7.82. The van der Waals surface area contributed by atoms with Crippen molar-refractivity contribution in [3.05, 3.63) is 112 Å². The molecule has 1 atom stereocenters. The molecule has 0 radical (unpaired) electrons. The number of primary amides is 1. The van der Waals surface area contributed by atoms with E-state index >= 15 is 0 Å². The lowest BCUT2D eigenvalue weighted by atomic mass is 9.98. The lowest BCUT2D eigenvalue weighted by Gasteiger charge is -2.25. The van der Waals surface area contributed by atoms with E-state index in [9.17, 15) is 14.4 Å². The number of ether oxygens (including phenoxy) is 1. The molecule has 0 spiro atoms. The van der Waals surface area contributed by atoms with E-state index in [0.29, 0.717) is 28.8 Å². The first-order valence-electron chi connectivity index (χ1n) is 10.4. The molecular formula is C26H20N2O5. The Labute approximate surface area is 189 Å². The van der Waals surface area contributed by atoms with Gasteiger partial charge in [0.1, 0.15) is 11.3 Å². The van der Waals surface area contributed by atoms with E-state index in [1.807, 2.05) is 30.3 Å². The van der Waals surface area contributed by atoms with Crippen molar-refractivity contribution in [2.45, 2.75) is 12.6 Å². The van der Waals surface area contributed by atoms with Crippen LogP contribution in [0.4, 0.5) is 0 Å². The van der Waals surface area contributed by atoms with E-state index in [1.165, 1.54) is 0 Å². The molecule has 0 aliphatic carbocycles. The Morgan fingerprint density at radius 3 is 2.36 bits per heavy atom. The number of para-hydroxylation sites is 1. The van der Waals surface area contributed by atoms with Crippen LogP contribution in [0.2, 0.25) is 0 Å². The summed E-state index contributed by atoms with van der Waals surface area (Å²) < 4.78 is 11.3. The maximum atomic E-state index is 13.5. The van der Waals surface area contributed by atoms with Crippen molar-refractivity contribution >= 4 is 22.8 Å². The van der Waals surface area contributed by atoms with Gasteiger partial charge in [-0.25, -0.2) is 0 Å². The molecular weight excluding hydrogens is 420 g/mol. The van der Waals surface area contributed by atoms with Crippen LogP contribution in [0.1, 0.15) is 33.3 Å². The van der Waals surface area contributed by atoms with Gasteiger partial charge in [-0.3, -0.25) is 14.4 Å². The fourth-order valence-corrected chi connectivity index (χ4v) is 4.16. The highest BCUT2D eigenvalue weighted by molar-refractivity contribution is 5.99. The smallest absolute Gasteiger partial charge is 0.291 e. The van der Waals surface area contributed by atoms with Gasteiger partial charge in [-0.1, -0.05) is 54.6 Å². The van der Waals surface area contributed by atoms with Gasteiger partial charge in [0.05, 0.1) is 17.0 Å². The Hall–Kier alpha value is -4.39. The van der Waals surface area contributed by atoms with Crippen molar-refractivity contribution in [3.8, 4) is 5.75 Å². The molecule has 1 aliphatic rings. The van der Waals surface area contributed by atoms with Gasteiger partial charge < -0.3 is 19.8 Å². The van der Waals surface area contributed by atoms with Gasteiger partial charge in [-0.2, -0.15) is 0 Å². The Bertz CT molecular complexity index is 1410. The highest BCUT2D eigenvalue weighted by atomic mass is 16.5. The number of carbonyl (C=O) groups is 2. The van der Waals surface area contributed by atoms with Gasteiger partial charge in [-0.15, -0.1) is 0 Å². The molecule has 2 N–H and O–H groups in total. The van der Waals surface area contributed by atoms with E-state index in [4.69, 9.17) is 14.9 Å². The predicted molar refractivity (Wildman–Crippen MR) is 122 cm³/mol. The summed E-state index contributed by atoms with van der Waals surface area (Å²) >= 11 is 0. The molecule has 33 heavy (non-hydrogen) atoms. The van der Waals surface area contributed by atoms with Crippen LogP contribution in [0.5, 0.6) is 5.75 Å². The summed E-state index contributed by atoms with van der Waals surface area (Å²) in [5, 5.41) is 0.428. The molecule has 7 heteroatoms. The minimum Gasteiger partial charge on any atom is -0.484 e. The molecule has 0 bridgehead atoms. The van der Waals surface area contributed by atoms with Crippen molar-refractivity contribution in [1.82, 2.24) is 4.90 Å². The molecule has 0 saturated carbocycles. The average molecular weight is 440 g/mol. The van der Waals surface area contributed by atoms with E-state index in [2.05, 4.69) is 0 Å². The van der Waals surface area contributed by atoms with Crippen molar-refractivity contribution in [1.29, 1.82) is 0 Å². The second kappa shape index (κ2) is 8.27. The topological polar surface area (TPSA) is 103 Å².